The molecule has 3 heterocycles. The average Bonchev–Trinajstić information content (AvgIpc) is 3.43. The van der Waals surface area contributed by atoms with E-state index in [0.717, 1.165) is 12.3 Å². The number of sulfone groups is 1. The fourth-order valence-corrected chi connectivity index (χ4v) is 6.00. The van der Waals surface area contributed by atoms with Crippen LogP contribution in [0.4, 0.5) is 10.1 Å². The maximum absolute atomic E-state index is 15.1. The second-order valence-corrected chi connectivity index (χ2v) is 13.5. The normalized spacial score (nSPS) is 12.6. The summed E-state index contributed by atoms with van der Waals surface area (Å²) < 4.78 is 81.8. The number of imidazole rings is 1. The van der Waals surface area contributed by atoms with Crippen LogP contribution in [0, 0.1) is 5.82 Å². The molecule has 11 nitrogen and oxygen atoms in total. The van der Waals surface area contributed by atoms with E-state index in [1.165, 1.54) is 54.0 Å². The number of benzene rings is 1. The van der Waals surface area contributed by atoms with Crippen LogP contribution in [0.2, 0.25) is 0 Å². The van der Waals surface area contributed by atoms with E-state index in [-0.39, 0.29) is 32.5 Å². The van der Waals surface area contributed by atoms with Gasteiger partial charge in [0.25, 0.3) is 10.0 Å². The zero-order valence-electron chi connectivity index (χ0n) is 21.0. The number of nitrogens with zero attached hydrogens (tertiary/aromatic N) is 4. The van der Waals surface area contributed by atoms with Gasteiger partial charge in [-0.3, -0.25) is 13.8 Å². The number of anilines is 1. The SMILES string of the molecule is COc1cc2ncc(-c3cc(F)c(OC)c(NS(=O)(=O)c4cnn(C)c4)c3)n2cc1S(=O)(=O)C(C)(C)C. The van der Waals surface area contributed by atoms with Gasteiger partial charge >= 0.3 is 0 Å². The van der Waals surface area contributed by atoms with E-state index in [1.54, 1.807) is 27.8 Å². The number of rotatable bonds is 7. The Morgan fingerprint density at radius 2 is 1.70 bits per heavy atom. The van der Waals surface area contributed by atoms with Gasteiger partial charge in [-0.1, -0.05) is 0 Å². The molecule has 198 valence electrons. The molecule has 0 bridgehead atoms. The van der Waals surface area contributed by atoms with Crippen molar-refractivity contribution in [2.75, 3.05) is 18.9 Å². The quantitative estimate of drug-likeness (QED) is 0.370. The maximum atomic E-state index is 15.1. The third-order valence-electron chi connectivity index (χ3n) is 5.67. The van der Waals surface area contributed by atoms with Crippen LogP contribution in [0.5, 0.6) is 11.5 Å². The molecule has 1 aromatic carbocycles. The number of methoxy groups -OCH3 is 2. The largest absolute Gasteiger partial charge is 0.495 e. The Kier molecular flexibility index (Phi) is 6.44. The van der Waals surface area contributed by atoms with Gasteiger partial charge < -0.3 is 9.47 Å². The van der Waals surface area contributed by atoms with Gasteiger partial charge in [-0.05, 0) is 32.9 Å². The highest BCUT2D eigenvalue weighted by molar-refractivity contribution is 7.93. The zero-order valence-corrected chi connectivity index (χ0v) is 22.6. The Labute approximate surface area is 213 Å². The van der Waals surface area contributed by atoms with Crippen LogP contribution in [0.15, 0.2) is 52.8 Å². The molecule has 0 aliphatic heterocycles. The molecule has 0 saturated carbocycles. The lowest BCUT2D eigenvalue weighted by Crippen LogP contribution is -2.28. The van der Waals surface area contributed by atoms with Crippen molar-refractivity contribution in [1.82, 2.24) is 19.2 Å². The summed E-state index contributed by atoms with van der Waals surface area (Å²) in [6, 6.07) is 3.99. The van der Waals surface area contributed by atoms with Crippen LogP contribution in [0.25, 0.3) is 16.9 Å². The van der Waals surface area contributed by atoms with Crippen LogP contribution < -0.4 is 14.2 Å². The van der Waals surface area contributed by atoms with Crippen LogP contribution in [0.1, 0.15) is 20.8 Å². The molecule has 0 amide bonds. The van der Waals surface area contributed by atoms with Crippen LogP contribution >= 0.6 is 0 Å². The number of ether oxygens (including phenoxy) is 2. The van der Waals surface area contributed by atoms with Crippen LogP contribution in [0.3, 0.4) is 0 Å². The first-order valence-electron chi connectivity index (χ1n) is 10.9. The highest BCUT2D eigenvalue weighted by atomic mass is 32.2. The third kappa shape index (κ3) is 4.62. The molecule has 14 heteroatoms. The van der Waals surface area contributed by atoms with Gasteiger partial charge in [-0.15, -0.1) is 0 Å². The third-order valence-corrected chi connectivity index (χ3v) is 9.49. The van der Waals surface area contributed by atoms with Crippen molar-refractivity contribution in [3.05, 3.63) is 48.8 Å². The first-order chi connectivity index (χ1) is 17.2. The zero-order chi connectivity index (χ0) is 27.3. The molecule has 0 aliphatic carbocycles. The summed E-state index contributed by atoms with van der Waals surface area (Å²) in [7, 11) is -3.82. The van der Waals surface area contributed by atoms with Crippen molar-refractivity contribution in [1.29, 1.82) is 0 Å². The first kappa shape index (κ1) is 26.4. The van der Waals surface area contributed by atoms with Gasteiger partial charge in [0.15, 0.2) is 21.4 Å². The monoisotopic (exact) mass is 551 g/mol. The summed E-state index contributed by atoms with van der Waals surface area (Å²) in [5, 5.41) is 3.86. The van der Waals surface area contributed by atoms with E-state index in [4.69, 9.17) is 9.47 Å². The topological polar surface area (TPSA) is 134 Å². The smallest absolute Gasteiger partial charge is 0.265 e. The predicted molar refractivity (Wildman–Crippen MR) is 135 cm³/mol. The van der Waals surface area contributed by atoms with Gasteiger partial charge in [-0.25, -0.2) is 26.2 Å². The fraction of sp³-hybridized carbons (Fsp3) is 0.304. The highest BCUT2D eigenvalue weighted by Gasteiger charge is 2.34. The van der Waals surface area contributed by atoms with E-state index in [2.05, 4.69) is 14.8 Å². The minimum atomic E-state index is -4.12. The predicted octanol–water partition coefficient (Wildman–Crippen LogP) is 3.26. The molecule has 4 rings (SSSR count). The maximum Gasteiger partial charge on any atom is 0.265 e. The van der Waals surface area contributed by atoms with E-state index in [9.17, 15) is 16.8 Å². The molecule has 0 spiro atoms. The summed E-state index contributed by atoms with van der Waals surface area (Å²) in [6.07, 6.45) is 5.23. The van der Waals surface area contributed by atoms with Crippen molar-refractivity contribution < 1.29 is 30.7 Å². The van der Waals surface area contributed by atoms with Crippen molar-refractivity contribution in [2.45, 2.75) is 35.3 Å². The van der Waals surface area contributed by atoms with E-state index in [0.29, 0.717) is 11.3 Å². The second kappa shape index (κ2) is 9.03. The Balaban J connectivity index is 1.90. The Bertz CT molecular complexity index is 1720. The summed E-state index contributed by atoms with van der Waals surface area (Å²) in [4.78, 5) is 4.11. The van der Waals surface area contributed by atoms with Crippen LogP contribution in [-0.4, -0.2) is 55.0 Å². The van der Waals surface area contributed by atoms with Gasteiger partial charge in [-0.2, -0.15) is 5.10 Å². The van der Waals surface area contributed by atoms with Crippen molar-refractivity contribution in [2.24, 2.45) is 7.05 Å². The molecule has 4 aromatic rings. The number of aromatic nitrogens is 4. The number of halogens is 1. The summed E-state index contributed by atoms with van der Waals surface area (Å²) in [5.41, 5.74) is 0.714. The Morgan fingerprint density at radius 3 is 2.27 bits per heavy atom. The lowest BCUT2D eigenvalue weighted by molar-refractivity contribution is 0.389. The number of nitrogens with one attached hydrogen (secondary N) is 1. The molecule has 1 N–H and O–H groups in total. The molecule has 3 aromatic heterocycles. The van der Waals surface area contributed by atoms with Gasteiger partial charge in [0.05, 0.1) is 42.7 Å². The number of aryl methyl sites for hydroxylation is 1. The molecule has 0 saturated heterocycles. The molecule has 0 aliphatic rings. The number of hydrogen-bond donors (Lipinski definition) is 1. The number of pyridine rings is 1. The summed E-state index contributed by atoms with van der Waals surface area (Å²) in [6.45, 7) is 4.71. The minimum Gasteiger partial charge on any atom is -0.495 e. The Morgan fingerprint density at radius 1 is 1.00 bits per heavy atom. The molecule has 0 atom stereocenters. The molecule has 0 unspecified atom stereocenters. The number of hydrogen-bond acceptors (Lipinski definition) is 8. The van der Waals surface area contributed by atoms with Crippen molar-refractivity contribution in [3.63, 3.8) is 0 Å². The van der Waals surface area contributed by atoms with Gasteiger partial charge in [0, 0.05) is 31.1 Å². The number of fused-ring (bicyclic) bond motifs is 1. The van der Waals surface area contributed by atoms with Crippen molar-refractivity contribution in [3.8, 4) is 22.8 Å². The summed E-state index contributed by atoms with van der Waals surface area (Å²) >= 11 is 0. The standard InChI is InChI=1S/C23H26FN5O6S2/c1-23(2,3)36(30,31)20-13-29-18(11-25-21(29)9-19(20)34-5)14-7-16(24)22(35-6)17(8-14)27-37(32,33)15-10-26-28(4)12-15/h7-13,27H,1-6H3. The molecule has 0 fully saturated rings. The lowest BCUT2D eigenvalue weighted by atomic mass is 10.1. The molecule has 0 radical (unpaired) electrons. The summed E-state index contributed by atoms with van der Waals surface area (Å²) in [5.74, 6) is -1.04. The molecular weight excluding hydrogens is 525 g/mol. The molecular formula is C23H26FN5O6S2. The van der Waals surface area contributed by atoms with Crippen LogP contribution in [-0.2, 0) is 26.9 Å². The fourth-order valence-electron chi connectivity index (χ4n) is 3.66. The van der Waals surface area contributed by atoms with Gasteiger partial charge in [0.2, 0.25) is 0 Å². The minimum absolute atomic E-state index is 0.0688. The number of sulfonamides is 1. The first-order valence-corrected chi connectivity index (χ1v) is 13.9. The second-order valence-electron chi connectivity index (χ2n) is 9.19. The van der Waals surface area contributed by atoms with Crippen molar-refractivity contribution >= 4 is 31.2 Å². The Hall–Kier alpha value is -3.65. The van der Waals surface area contributed by atoms with E-state index < -0.39 is 30.4 Å². The van der Waals surface area contributed by atoms with E-state index in [1.807, 2.05) is 0 Å². The van der Waals surface area contributed by atoms with Gasteiger partial charge in [0.1, 0.15) is 21.2 Å². The average molecular weight is 552 g/mol. The molecule has 37 heavy (non-hydrogen) atoms. The lowest BCUT2D eigenvalue weighted by Gasteiger charge is -2.21. The van der Waals surface area contributed by atoms with E-state index >= 15 is 4.39 Å². The highest BCUT2D eigenvalue weighted by Crippen LogP contribution is 2.37.